The van der Waals surface area contributed by atoms with E-state index in [9.17, 15) is 13.2 Å². The molecule has 0 atom stereocenters. The number of rotatable bonds is 6. The largest absolute Gasteiger partial charge is 0.474 e. The van der Waals surface area contributed by atoms with Crippen molar-refractivity contribution < 1.29 is 17.9 Å². The van der Waals surface area contributed by atoms with Gasteiger partial charge in [0.15, 0.2) is 0 Å². The Morgan fingerprint density at radius 2 is 2.04 bits per heavy atom. The topological polar surface area (TPSA) is 79.8 Å². The monoisotopic (exact) mass is 355 g/mol. The van der Waals surface area contributed by atoms with Gasteiger partial charge in [-0.3, -0.25) is 9.10 Å². The molecule has 1 aliphatic heterocycles. The number of nitrogens with zero attached hydrogens (tertiary/aromatic N) is 3. The number of sulfonamides is 1. The standard InChI is InChI=1S/C16H25N3O4S/c1-4-5-16(20)19-10-8-14(9-11-19)23-15-7-6-13(12-17-15)18(2)24(3,21)22/h6-7,12,14H,4-5,8-11H2,1-3H3. The zero-order chi connectivity index (χ0) is 17.7. The molecule has 1 aromatic heterocycles. The summed E-state index contributed by atoms with van der Waals surface area (Å²) >= 11 is 0. The average molecular weight is 355 g/mol. The van der Waals surface area contributed by atoms with Crippen LogP contribution in [0.4, 0.5) is 5.69 Å². The lowest BCUT2D eigenvalue weighted by Gasteiger charge is -2.32. The summed E-state index contributed by atoms with van der Waals surface area (Å²) in [4.78, 5) is 17.9. The minimum atomic E-state index is -3.30. The molecule has 0 N–H and O–H groups in total. The van der Waals surface area contributed by atoms with E-state index >= 15 is 0 Å². The molecule has 0 saturated carbocycles. The molecule has 1 fully saturated rings. The maximum Gasteiger partial charge on any atom is 0.232 e. The van der Waals surface area contributed by atoms with Crippen LogP contribution >= 0.6 is 0 Å². The third-order valence-corrected chi connectivity index (χ3v) is 5.33. The second kappa shape index (κ2) is 7.83. The molecule has 0 bridgehead atoms. The van der Waals surface area contributed by atoms with Gasteiger partial charge in [0.05, 0.1) is 18.1 Å². The summed E-state index contributed by atoms with van der Waals surface area (Å²) in [5.74, 6) is 0.682. The predicted molar refractivity (Wildman–Crippen MR) is 92.6 cm³/mol. The van der Waals surface area contributed by atoms with Crippen molar-refractivity contribution in [2.24, 2.45) is 0 Å². The van der Waals surface area contributed by atoms with Crippen molar-refractivity contribution in [3.8, 4) is 5.88 Å². The zero-order valence-electron chi connectivity index (χ0n) is 14.4. The summed E-state index contributed by atoms with van der Waals surface area (Å²) in [6.45, 7) is 3.42. The molecule has 0 aromatic carbocycles. The van der Waals surface area contributed by atoms with Crippen LogP contribution in [0.15, 0.2) is 18.3 Å². The van der Waals surface area contributed by atoms with E-state index in [4.69, 9.17) is 4.74 Å². The second-order valence-corrected chi connectivity index (χ2v) is 8.05. The van der Waals surface area contributed by atoms with Crippen molar-refractivity contribution in [1.82, 2.24) is 9.88 Å². The van der Waals surface area contributed by atoms with Crippen LogP contribution in [-0.2, 0) is 14.8 Å². The van der Waals surface area contributed by atoms with E-state index in [0.29, 0.717) is 31.1 Å². The van der Waals surface area contributed by atoms with Gasteiger partial charge >= 0.3 is 0 Å². The second-order valence-electron chi connectivity index (χ2n) is 6.03. The highest BCUT2D eigenvalue weighted by atomic mass is 32.2. The minimum Gasteiger partial charge on any atom is -0.474 e. The maximum absolute atomic E-state index is 11.9. The first kappa shape index (κ1) is 18.5. The van der Waals surface area contributed by atoms with Crippen LogP contribution in [0.1, 0.15) is 32.6 Å². The summed E-state index contributed by atoms with van der Waals surface area (Å²) in [5.41, 5.74) is 0.491. The van der Waals surface area contributed by atoms with Gasteiger partial charge in [0.1, 0.15) is 6.10 Å². The lowest BCUT2D eigenvalue weighted by Crippen LogP contribution is -2.41. The van der Waals surface area contributed by atoms with E-state index in [1.165, 1.54) is 17.5 Å². The minimum absolute atomic E-state index is 0.0293. The Morgan fingerprint density at radius 1 is 1.38 bits per heavy atom. The van der Waals surface area contributed by atoms with Crippen LogP contribution in [0.25, 0.3) is 0 Å². The zero-order valence-corrected chi connectivity index (χ0v) is 15.3. The number of hydrogen-bond donors (Lipinski definition) is 0. The normalized spacial score (nSPS) is 16.0. The molecule has 0 spiro atoms. The van der Waals surface area contributed by atoms with Crippen LogP contribution in [0.3, 0.4) is 0 Å². The summed E-state index contributed by atoms with van der Waals surface area (Å²) in [5, 5.41) is 0. The third-order valence-electron chi connectivity index (χ3n) is 4.13. The van der Waals surface area contributed by atoms with Gasteiger partial charge in [0.25, 0.3) is 0 Å². The third kappa shape index (κ3) is 4.83. The van der Waals surface area contributed by atoms with Crippen LogP contribution in [0.5, 0.6) is 5.88 Å². The van der Waals surface area contributed by atoms with Crippen LogP contribution in [0, 0.1) is 0 Å². The molecule has 7 nitrogen and oxygen atoms in total. The highest BCUT2D eigenvalue weighted by Gasteiger charge is 2.23. The molecular weight excluding hydrogens is 330 g/mol. The number of pyridine rings is 1. The van der Waals surface area contributed by atoms with Crippen molar-refractivity contribution in [3.63, 3.8) is 0 Å². The van der Waals surface area contributed by atoms with Gasteiger partial charge in [-0.25, -0.2) is 13.4 Å². The van der Waals surface area contributed by atoms with E-state index in [-0.39, 0.29) is 12.0 Å². The first-order chi connectivity index (χ1) is 11.3. The predicted octanol–water partition coefficient (Wildman–Crippen LogP) is 1.65. The Kier molecular flexibility index (Phi) is 6.04. The highest BCUT2D eigenvalue weighted by molar-refractivity contribution is 7.92. The first-order valence-corrected chi connectivity index (χ1v) is 10.0. The molecule has 1 aromatic rings. The lowest BCUT2D eigenvalue weighted by atomic mass is 10.1. The van der Waals surface area contributed by atoms with Crippen LogP contribution in [-0.4, -0.2) is 56.7 Å². The van der Waals surface area contributed by atoms with Crippen LogP contribution in [0.2, 0.25) is 0 Å². The number of carbonyl (C=O) groups excluding carboxylic acids is 1. The molecule has 1 amide bonds. The van der Waals surface area contributed by atoms with E-state index in [1.54, 1.807) is 12.1 Å². The van der Waals surface area contributed by atoms with Gasteiger partial charge < -0.3 is 9.64 Å². The molecule has 2 rings (SSSR count). The highest BCUT2D eigenvalue weighted by Crippen LogP contribution is 2.21. The molecule has 24 heavy (non-hydrogen) atoms. The Balaban J connectivity index is 1.88. The molecule has 8 heteroatoms. The number of amides is 1. The van der Waals surface area contributed by atoms with Gasteiger partial charge in [-0.05, 0) is 12.5 Å². The number of carbonyl (C=O) groups is 1. The van der Waals surface area contributed by atoms with Crippen molar-refractivity contribution in [1.29, 1.82) is 0 Å². The average Bonchev–Trinajstić information content (AvgIpc) is 2.55. The molecule has 0 unspecified atom stereocenters. The smallest absolute Gasteiger partial charge is 0.232 e. The number of aromatic nitrogens is 1. The SMILES string of the molecule is CCCC(=O)N1CCC(Oc2ccc(N(C)S(C)(=O)=O)cn2)CC1. The molecular formula is C16H25N3O4S. The fraction of sp³-hybridized carbons (Fsp3) is 0.625. The van der Waals surface area contributed by atoms with Gasteiger partial charge in [-0.1, -0.05) is 6.92 Å². The Hall–Kier alpha value is -1.83. The van der Waals surface area contributed by atoms with E-state index in [2.05, 4.69) is 4.98 Å². The number of hydrogen-bond acceptors (Lipinski definition) is 5. The molecule has 1 saturated heterocycles. The van der Waals surface area contributed by atoms with Crippen molar-refractivity contribution in [3.05, 3.63) is 18.3 Å². The van der Waals surface area contributed by atoms with Crippen molar-refractivity contribution in [2.45, 2.75) is 38.7 Å². The summed E-state index contributed by atoms with van der Waals surface area (Å²) < 4.78 is 30.0. The lowest BCUT2D eigenvalue weighted by molar-refractivity contribution is -0.133. The maximum atomic E-state index is 11.9. The van der Waals surface area contributed by atoms with Gasteiger partial charge in [-0.2, -0.15) is 0 Å². The van der Waals surface area contributed by atoms with Crippen molar-refractivity contribution >= 4 is 21.6 Å². The number of ether oxygens (including phenoxy) is 1. The van der Waals surface area contributed by atoms with Gasteiger partial charge in [-0.15, -0.1) is 0 Å². The molecule has 1 aliphatic rings. The Labute approximate surface area is 143 Å². The Bertz CT molecular complexity index is 652. The van der Waals surface area contributed by atoms with E-state index in [0.717, 1.165) is 25.5 Å². The fourth-order valence-electron chi connectivity index (χ4n) is 2.59. The molecule has 2 heterocycles. The molecule has 0 aliphatic carbocycles. The fourth-order valence-corrected chi connectivity index (χ4v) is 3.08. The summed E-state index contributed by atoms with van der Waals surface area (Å²) in [7, 11) is -1.82. The van der Waals surface area contributed by atoms with Crippen LogP contribution < -0.4 is 9.04 Å². The molecule has 134 valence electrons. The van der Waals surface area contributed by atoms with Gasteiger partial charge in [0, 0.05) is 45.5 Å². The Morgan fingerprint density at radius 3 is 2.54 bits per heavy atom. The number of anilines is 1. The van der Waals surface area contributed by atoms with Gasteiger partial charge in [0.2, 0.25) is 21.8 Å². The summed E-state index contributed by atoms with van der Waals surface area (Å²) in [6, 6.07) is 3.34. The first-order valence-electron chi connectivity index (χ1n) is 8.15. The quantitative estimate of drug-likeness (QED) is 0.775. The number of piperidine rings is 1. The van der Waals surface area contributed by atoms with E-state index in [1.807, 2.05) is 11.8 Å². The van der Waals surface area contributed by atoms with E-state index < -0.39 is 10.0 Å². The molecule has 0 radical (unpaired) electrons. The van der Waals surface area contributed by atoms with Crippen molar-refractivity contribution in [2.75, 3.05) is 30.7 Å². The summed E-state index contributed by atoms with van der Waals surface area (Å²) in [6.07, 6.45) is 5.68. The number of likely N-dealkylation sites (tertiary alicyclic amines) is 1.